The molecule has 2 rings (SSSR count). The van der Waals surface area contributed by atoms with Crippen LogP contribution >= 0.6 is 0 Å². The number of ether oxygens (including phenoxy) is 1. The highest BCUT2D eigenvalue weighted by molar-refractivity contribution is 5.77. The lowest BCUT2D eigenvalue weighted by molar-refractivity contribution is -0.130. The van der Waals surface area contributed by atoms with Gasteiger partial charge in [0.25, 0.3) is 0 Å². The van der Waals surface area contributed by atoms with E-state index < -0.39 is 0 Å². The maximum atomic E-state index is 12.2. The van der Waals surface area contributed by atoms with Crippen molar-refractivity contribution in [2.24, 2.45) is 0 Å². The summed E-state index contributed by atoms with van der Waals surface area (Å²) >= 11 is 0. The first kappa shape index (κ1) is 14.9. The molecule has 1 aliphatic rings. The molecule has 1 fully saturated rings. The molecule has 0 spiro atoms. The highest BCUT2D eigenvalue weighted by Crippen LogP contribution is 2.26. The number of aliphatic hydroxyl groups is 1. The lowest BCUT2D eigenvalue weighted by Crippen LogP contribution is -2.30. The molecular formula is C16H23NO3. The fraction of sp³-hybridized carbons (Fsp3) is 0.562. The lowest BCUT2D eigenvalue weighted by atomic mass is 9.92. The highest BCUT2D eigenvalue weighted by Gasteiger charge is 2.26. The number of hydrogen-bond donors (Lipinski definition) is 1. The van der Waals surface area contributed by atoms with E-state index in [1.165, 1.54) is 5.56 Å². The molecule has 0 bridgehead atoms. The van der Waals surface area contributed by atoms with E-state index in [0.717, 1.165) is 12.2 Å². The van der Waals surface area contributed by atoms with E-state index in [0.29, 0.717) is 25.9 Å². The Bertz CT molecular complexity index is 444. The molecule has 1 aliphatic heterocycles. The number of likely N-dealkylation sites (tertiary alicyclic amines) is 1. The van der Waals surface area contributed by atoms with Crippen molar-refractivity contribution in [3.63, 3.8) is 0 Å². The second-order valence-electron chi connectivity index (χ2n) is 5.36. The minimum Gasteiger partial charge on any atom is -0.497 e. The van der Waals surface area contributed by atoms with Crippen molar-refractivity contribution < 1.29 is 14.6 Å². The van der Waals surface area contributed by atoms with Crippen molar-refractivity contribution in [2.75, 3.05) is 20.2 Å². The molecule has 0 aromatic heterocycles. The molecular weight excluding hydrogens is 254 g/mol. The van der Waals surface area contributed by atoms with Gasteiger partial charge in [-0.15, -0.1) is 0 Å². The quantitative estimate of drug-likeness (QED) is 0.897. The van der Waals surface area contributed by atoms with Gasteiger partial charge < -0.3 is 14.7 Å². The standard InChI is InChI=1S/C16H23NO3/c1-3-12(13-4-6-15(20-2)7-5-13)10-16(19)17-9-8-14(18)11-17/h4-7,12,14,18H,3,8-11H2,1-2H3/t12-,14-/m0/s1. The summed E-state index contributed by atoms with van der Waals surface area (Å²) in [5.41, 5.74) is 1.17. The number of benzene rings is 1. The Hall–Kier alpha value is -1.55. The number of aliphatic hydroxyl groups excluding tert-OH is 1. The van der Waals surface area contributed by atoms with E-state index in [1.54, 1.807) is 12.0 Å². The molecule has 1 aromatic rings. The molecule has 0 unspecified atom stereocenters. The van der Waals surface area contributed by atoms with E-state index in [2.05, 4.69) is 6.92 Å². The van der Waals surface area contributed by atoms with Crippen molar-refractivity contribution >= 4 is 5.91 Å². The van der Waals surface area contributed by atoms with Gasteiger partial charge in [0.2, 0.25) is 5.91 Å². The molecule has 1 amide bonds. The molecule has 110 valence electrons. The van der Waals surface area contributed by atoms with Gasteiger partial charge in [-0.25, -0.2) is 0 Å². The molecule has 2 atom stereocenters. The summed E-state index contributed by atoms with van der Waals surface area (Å²) in [4.78, 5) is 14.0. The Morgan fingerprint density at radius 2 is 2.15 bits per heavy atom. The van der Waals surface area contributed by atoms with Gasteiger partial charge in [0.1, 0.15) is 5.75 Å². The Labute approximate surface area is 120 Å². The number of methoxy groups -OCH3 is 1. The second kappa shape index (κ2) is 6.75. The average Bonchev–Trinajstić information content (AvgIpc) is 2.91. The van der Waals surface area contributed by atoms with Gasteiger partial charge in [-0.1, -0.05) is 19.1 Å². The van der Waals surface area contributed by atoms with Crippen molar-refractivity contribution in [3.05, 3.63) is 29.8 Å². The van der Waals surface area contributed by atoms with Gasteiger partial charge in [-0.3, -0.25) is 4.79 Å². The number of rotatable bonds is 5. The summed E-state index contributed by atoms with van der Waals surface area (Å²) in [7, 11) is 1.65. The minimum absolute atomic E-state index is 0.143. The maximum Gasteiger partial charge on any atom is 0.223 e. The minimum atomic E-state index is -0.347. The molecule has 1 N–H and O–H groups in total. The van der Waals surface area contributed by atoms with E-state index in [9.17, 15) is 9.90 Å². The molecule has 0 radical (unpaired) electrons. The fourth-order valence-corrected chi connectivity index (χ4v) is 2.68. The summed E-state index contributed by atoms with van der Waals surface area (Å²) in [5, 5.41) is 9.51. The number of β-amino-alcohol motifs (C(OH)–C–C–N with tert-alkyl or cyclic N) is 1. The maximum absolute atomic E-state index is 12.2. The van der Waals surface area contributed by atoms with Crippen LogP contribution in [0.3, 0.4) is 0 Å². The number of amides is 1. The zero-order valence-electron chi connectivity index (χ0n) is 12.2. The molecule has 20 heavy (non-hydrogen) atoms. The first-order chi connectivity index (χ1) is 9.63. The van der Waals surface area contributed by atoms with E-state index in [4.69, 9.17) is 4.74 Å². The van der Waals surface area contributed by atoms with Crippen LogP contribution in [0.2, 0.25) is 0 Å². The zero-order valence-corrected chi connectivity index (χ0v) is 12.2. The monoisotopic (exact) mass is 277 g/mol. The molecule has 1 heterocycles. The van der Waals surface area contributed by atoms with Crippen LogP contribution in [0.25, 0.3) is 0 Å². The number of nitrogens with zero attached hydrogens (tertiary/aromatic N) is 1. The Kier molecular flexibility index (Phi) is 5.01. The smallest absolute Gasteiger partial charge is 0.223 e. The highest BCUT2D eigenvalue weighted by atomic mass is 16.5. The number of carbonyl (C=O) groups is 1. The van der Waals surface area contributed by atoms with Gasteiger partial charge in [0.05, 0.1) is 13.2 Å². The van der Waals surface area contributed by atoms with Gasteiger partial charge in [0, 0.05) is 19.5 Å². The zero-order chi connectivity index (χ0) is 14.5. The summed E-state index contributed by atoms with van der Waals surface area (Å²) in [6, 6.07) is 7.92. The van der Waals surface area contributed by atoms with E-state index in [1.807, 2.05) is 24.3 Å². The molecule has 4 heteroatoms. The third-order valence-corrected chi connectivity index (χ3v) is 4.02. The van der Waals surface area contributed by atoms with Crippen LogP contribution in [0, 0.1) is 0 Å². The topological polar surface area (TPSA) is 49.8 Å². The fourth-order valence-electron chi connectivity index (χ4n) is 2.68. The Morgan fingerprint density at radius 1 is 1.45 bits per heavy atom. The molecule has 1 saturated heterocycles. The van der Waals surface area contributed by atoms with Gasteiger partial charge in [0.15, 0.2) is 0 Å². The van der Waals surface area contributed by atoms with Crippen LogP contribution in [0.5, 0.6) is 5.75 Å². The van der Waals surface area contributed by atoms with Gasteiger partial charge >= 0.3 is 0 Å². The third-order valence-electron chi connectivity index (χ3n) is 4.02. The van der Waals surface area contributed by atoms with E-state index in [-0.39, 0.29) is 17.9 Å². The third kappa shape index (κ3) is 3.51. The number of carbonyl (C=O) groups excluding carboxylic acids is 1. The summed E-state index contributed by atoms with van der Waals surface area (Å²) in [5.74, 6) is 1.20. The van der Waals surface area contributed by atoms with Crippen molar-refractivity contribution in [1.82, 2.24) is 4.90 Å². The largest absolute Gasteiger partial charge is 0.497 e. The SMILES string of the molecule is CC[C@@H](CC(=O)N1CC[C@H](O)C1)c1ccc(OC)cc1. The first-order valence-electron chi connectivity index (χ1n) is 7.23. The summed E-state index contributed by atoms with van der Waals surface area (Å²) < 4.78 is 5.15. The molecule has 1 aromatic carbocycles. The average molecular weight is 277 g/mol. The summed E-state index contributed by atoms with van der Waals surface area (Å²) in [6.07, 6.45) is 1.79. The van der Waals surface area contributed by atoms with Crippen molar-refractivity contribution in [1.29, 1.82) is 0 Å². The normalized spacial score (nSPS) is 19.9. The summed E-state index contributed by atoms with van der Waals surface area (Å²) in [6.45, 7) is 3.26. The predicted molar refractivity (Wildman–Crippen MR) is 77.8 cm³/mol. The number of hydrogen-bond acceptors (Lipinski definition) is 3. The first-order valence-corrected chi connectivity index (χ1v) is 7.23. The predicted octanol–water partition coefficient (Wildman–Crippen LogP) is 2.17. The van der Waals surface area contributed by atoms with E-state index >= 15 is 0 Å². The second-order valence-corrected chi connectivity index (χ2v) is 5.36. The van der Waals surface area contributed by atoms with Crippen LogP contribution in [0.15, 0.2) is 24.3 Å². The van der Waals surface area contributed by atoms with Crippen molar-refractivity contribution in [2.45, 2.75) is 38.2 Å². The Morgan fingerprint density at radius 3 is 2.65 bits per heavy atom. The van der Waals surface area contributed by atoms with Gasteiger partial charge in [-0.2, -0.15) is 0 Å². The molecule has 0 aliphatic carbocycles. The molecule has 4 nitrogen and oxygen atoms in total. The van der Waals surface area contributed by atoms with Crippen LogP contribution in [-0.4, -0.2) is 42.2 Å². The van der Waals surface area contributed by atoms with Crippen molar-refractivity contribution in [3.8, 4) is 5.75 Å². The van der Waals surface area contributed by atoms with Crippen LogP contribution in [0.1, 0.15) is 37.7 Å². The van der Waals surface area contributed by atoms with Crippen LogP contribution in [0.4, 0.5) is 0 Å². The van der Waals surface area contributed by atoms with Crippen LogP contribution < -0.4 is 4.74 Å². The van der Waals surface area contributed by atoms with Crippen LogP contribution in [-0.2, 0) is 4.79 Å². The lowest BCUT2D eigenvalue weighted by Gasteiger charge is -2.20. The van der Waals surface area contributed by atoms with Gasteiger partial charge in [-0.05, 0) is 36.5 Å². The molecule has 0 saturated carbocycles. The Balaban J connectivity index is 1.99.